The molecule has 7 nitrogen and oxygen atoms in total. The van der Waals surface area contributed by atoms with Crippen LogP contribution in [0.15, 0.2) is 120 Å². The van der Waals surface area contributed by atoms with Crippen molar-refractivity contribution in [2.75, 3.05) is 0 Å². The van der Waals surface area contributed by atoms with Crippen molar-refractivity contribution in [2.24, 2.45) is 0 Å². The molecule has 0 radical (unpaired) electrons. The van der Waals surface area contributed by atoms with E-state index in [9.17, 15) is 14.4 Å². The number of benzene rings is 4. The minimum Gasteiger partial charge on any atom is -0.443 e. The lowest BCUT2D eigenvalue weighted by atomic mass is 9.74. The van der Waals surface area contributed by atoms with Crippen LogP contribution in [-0.4, -0.2) is 23.0 Å². The largest absolute Gasteiger partial charge is 0.443 e. The summed E-state index contributed by atoms with van der Waals surface area (Å²) in [5.41, 5.74) is 4.46. The smallest absolute Gasteiger partial charge is 0.430 e. The molecular formula is C33H27BrN2O5. The molecule has 4 aromatic carbocycles. The lowest BCUT2D eigenvalue weighted by molar-refractivity contribution is -0.128. The zero-order valence-corrected chi connectivity index (χ0v) is 23.6. The van der Waals surface area contributed by atoms with Crippen molar-refractivity contribution in [3.05, 3.63) is 148 Å². The van der Waals surface area contributed by atoms with E-state index in [0.717, 1.165) is 31.7 Å². The Morgan fingerprint density at radius 1 is 0.732 bits per heavy atom. The van der Waals surface area contributed by atoms with Gasteiger partial charge in [-0.1, -0.05) is 125 Å². The van der Waals surface area contributed by atoms with Crippen molar-refractivity contribution in [3.63, 3.8) is 0 Å². The topological polar surface area (TPSA) is 84.9 Å². The lowest BCUT2D eigenvalue weighted by Crippen LogP contribution is -2.63. The maximum absolute atomic E-state index is 14.0. The summed E-state index contributed by atoms with van der Waals surface area (Å²) in [7, 11) is 0. The molecule has 2 amide bonds. The molecule has 206 valence electrons. The number of ketones is 1. The van der Waals surface area contributed by atoms with Crippen LogP contribution in [0.5, 0.6) is 0 Å². The number of fused-ring (bicyclic) bond motifs is 1. The van der Waals surface area contributed by atoms with Gasteiger partial charge < -0.3 is 9.47 Å². The van der Waals surface area contributed by atoms with Crippen molar-refractivity contribution in [3.8, 4) is 0 Å². The van der Waals surface area contributed by atoms with Gasteiger partial charge in [-0.05, 0) is 40.0 Å². The van der Waals surface area contributed by atoms with Crippen molar-refractivity contribution in [1.82, 2.24) is 10.4 Å². The Labute approximate surface area is 246 Å². The summed E-state index contributed by atoms with van der Waals surface area (Å²) in [6, 6.07) is 33.0. The fourth-order valence-corrected chi connectivity index (χ4v) is 5.22. The van der Waals surface area contributed by atoms with E-state index >= 15 is 0 Å². The molecule has 4 aromatic rings. The maximum Gasteiger partial charge on any atom is 0.430 e. The molecule has 0 saturated heterocycles. The van der Waals surface area contributed by atoms with E-state index in [2.05, 4.69) is 21.4 Å². The van der Waals surface area contributed by atoms with Crippen molar-refractivity contribution >= 4 is 40.0 Å². The Morgan fingerprint density at radius 2 is 1.32 bits per heavy atom. The average molecular weight is 611 g/mol. The first-order valence-electron chi connectivity index (χ1n) is 13.0. The minimum absolute atomic E-state index is 0.0265. The van der Waals surface area contributed by atoms with Crippen LogP contribution < -0.4 is 5.43 Å². The van der Waals surface area contributed by atoms with E-state index in [1.165, 1.54) is 6.08 Å². The number of hydrazine groups is 1. The second-order valence-corrected chi connectivity index (χ2v) is 10.3. The molecule has 0 fully saturated rings. The van der Waals surface area contributed by atoms with Crippen LogP contribution in [0.1, 0.15) is 27.8 Å². The molecule has 0 unspecified atom stereocenters. The molecule has 1 aliphatic carbocycles. The van der Waals surface area contributed by atoms with Gasteiger partial charge in [0.05, 0.1) is 0 Å². The Balaban J connectivity index is 1.56. The quantitative estimate of drug-likeness (QED) is 0.229. The molecule has 5 rings (SSSR count). The van der Waals surface area contributed by atoms with Gasteiger partial charge in [0.25, 0.3) is 0 Å². The third-order valence-electron chi connectivity index (χ3n) is 6.82. The predicted molar refractivity (Wildman–Crippen MR) is 158 cm³/mol. The number of amides is 2. The number of nitrogens with zero attached hydrogens (tertiary/aromatic N) is 1. The van der Waals surface area contributed by atoms with Crippen LogP contribution in [0.3, 0.4) is 0 Å². The van der Waals surface area contributed by atoms with Crippen LogP contribution >= 0.6 is 15.9 Å². The molecule has 0 heterocycles. The van der Waals surface area contributed by atoms with Gasteiger partial charge in [0.15, 0.2) is 11.3 Å². The van der Waals surface area contributed by atoms with Crippen LogP contribution in [0.4, 0.5) is 9.59 Å². The summed E-state index contributed by atoms with van der Waals surface area (Å²) in [4.78, 5) is 41.1. The highest BCUT2D eigenvalue weighted by atomic mass is 79.9. The predicted octanol–water partition coefficient (Wildman–Crippen LogP) is 6.96. The van der Waals surface area contributed by atoms with Gasteiger partial charge in [-0.25, -0.2) is 15.0 Å². The number of rotatable bonds is 7. The zero-order chi connectivity index (χ0) is 28.7. The van der Waals surface area contributed by atoms with Crippen molar-refractivity contribution < 1.29 is 23.9 Å². The minimum atomic E-state index is -1.67. The normalized spacial score (nSPS) is 15.5. The number of hydrogen-bond acceptors (Lipinski definition) is 5. The van der Waals surface area contributed by atoms with Crippen molar-refractivity contribution in [2.45, 2.75) is 25.2 Å². The van der Waals surface area contributed by atoms with Gasteiger partial charge in [0, 0.05) is 10.9 Å². The van der Waals surface area contributed by atoms with Gasteiger partial charge >= 0.3 is 12.2 Å². The fourth-order valence-electron chi connectivity index (χ4n) is 4.79. The van der Waals surface area contributed by atoms with Gasteiger partial charge in [-0.2, -0.15) is 5.01 Å². The van der Waals surface area contributed by atoms with Gasteiger partial charge in [-0.3, -0.25) is 4.79 Å². The van der Waals surface area contributed by atoms with Gasteiger partial charge in [0.2, 0.25) is 0 Å². The van der Waals surface area contributed by atoms with E-state index in [1.807, 2.05) is 97.1 Å². The highest BCUT2D eigenvalue weighted by Gasteiger charge is 2.51. The number of carbonyl (C=O) groups is 3. The van der Waals surface area contributed by atoms with E-state index in [-0.39, 0.29) is 19.6 Å². The summed E-state index contributed by atoms with van der Waals surface area (Å²) in [6.07, 6.45) is 1.37. The molecule has 0 aromatic heterocycles. The molecule has 0 saturated carbocycles. The molecule has 1 aliphatic rings. The Bertz CT molecular complexity index is 1580. The van der Waals surface area contributed by atoms with Gasteiger partial charge in [0.1, 0.15) is 13.2 Å². The average Bonchev–Trinajstić information content (AvgIpc) is 3.01. The standard InChI is InChI=1S/C33H27BrN2O5/c34-29-18-10-8-16-27(29)21-33(28-17-9-7-15-26(28)19-20-30(33)37)36(32(39)41-23-25-13-5-2-6-14-25)35-31(38)40-22-24-11-3-1-4-12-24/h1-20H,21-23H2,(H,35,38)/t33-/m1/s1. The number of halogens is 1. The van der Waals surface area contributed by atoms with E-state index in [0.29, 0.717) is 5.56 Å². The maximum atomic E-state index is 14.0. The summed E-state index contributed by atoms with van der Waals surface area (Å²) in [5.74, 6) is -0.396. The molecular weight excluding hydrogens is 584 g/mol. The first kappa shape index (κ1) is 27.9. The van der Waals surface area contributed by atoms with Crippen LogP contribution in [0.2, 0.25) is 0 Å². The number of nitrogens with one attached hydrogen (secondary N) is 1. The summed E-state index contributed by atoms with van der Waals surface area (Å²) in [6.45, 7) is -0.0883. The summed E-state index contributed by atoms with van der Waals surface area (Å²) < 4.78 is 11.9. The molecule has 0 spiro atoms. The van der Waals surface area contributed by atoms with Gasteiger partial charge in [-0.15, -0.1) is 0 Å². The Morgan fingerprint density at radius 3 is 2.00 bits per heavy atom. The lowest BCUT2D eigenvalue weighted by Gasteiger charge is -2.43. The molecule has 1 N–H and O–H groups in total. The molecule has 0 bridgehead atoms. The first-order valence-corrected chi connectivity index (χ1v) is 13.8. The Kier molecular flexibility index (Phi) is 8.60. The highest BCUT2D eigenvalue weighted by Crippen LogP contribution is 2.40. The summed E-state index contributed by atoms with van der Waals surface area (Å²) >= 11 is 3.58. The molecule has 8 heteroatoms. The van der Waals surface area contributed by atoms with Crippen molar-refractivity contribution in [1.29, 1.82) is 0 Å². The highest BCUT2D eigenvalue weighted by molar-refractivity contribution is 9.10. The third kappa shape index (κ3) is 6.23. The summed E-state index contributed by atoms with van der Waals surface area (Å²) in [5, 5.41) is 0.980. The number of hydrogen-bond donors (Lipinski definition) is 1. The number of carbonyl (C=O) groups excluding carboxylic acids is 3. The molecule has 41 heavy (non-hydrogen) atoms. The first-order chi connectivity index (χ1) is 20.0. The zero-order valence-electron chi connectivity index (χ0n) is 22.0. The van der Waals surface area contributed by atoms with Crippen LogP contribution in [0.25, 0.3) is 6.08 Å². The van der Waals surface area contributed by atoms with E-state index in [4.69, 9.17) is 9.47 Å². The number of ether oxygens (including phenoxy) is 2. The van der Waals surface area contributed by atoms with E-state index in [1.54, 1.807) is 18.2 Å². The Hall–Kier alpha value is -4.69. The third-order valence-corrected chi connectivity index (χ3v) is 7.59. The van der Waals surface area contributed by atoms with Crippen LogP contribution in [0, 0.1) is 0 Å². The second kappa shape index (κ2) is 12.7. The van der Waals surface area contributed by atoms with E-state index < -0.39 is 23.5 Å². The monoisotopic (exact) mass is 610 g/mol. The van der Waals surface area contributed by atoms with Crippen LogP contribution in [-0.2, 0) is 39.4 Å². The fraction of sp³-hybridized carbons (Fsp3) is 0.121. The second-order valence-electron chi connectivity index (χ2n) is 9.46. The molecule has 0 aliphatic heterocycles. The SMILES string of the molecule is O=C(NN(C(=O)OCc1ccccc1)[C@@]1(Cc2ccccc2Br)C(=O)C=Cc2ccccc21)OCc1ccccc1. The molecule has 1 atom stereocenters.